The van der Waals surface area contributed by atoms with E-state index in [0.717, 1.165) is 32.3 Å². The van der Waals surface area contributed by atoms with Gasteiger partial charge in [-0.1, -0.05) is 26.3 Å². The Morgan fingerprint density at radius 2 is 1.76 bits per heavy atom. The van der Waals surface area contributed by atoms with Crippen molar-refractivity contribution in [1.29, 1.82) is 0 Å². The molecule has 5 rings (SSSR count). The van der Waals surface area contributed by atoms with Crippen molar-refractivity contribution in [3.63, 3.8) is 0 Å². The molecule has 2 atom stereocenters. The Balaban J connectivity index is 1.50. The minimum Gasteiger partial charge on any atom is -0.456 e. The molecule has 140 valence electrons. The Morgan fingerprint density at radius 3 is 2.32 bits per heavy atom. The van der Waals surface area contributed by atoms with Crippen LogP contribution < -0.4 is 0 Å². The Labute approximate surface area is 152 Å². The fraction of sp³-hybridized carbons (Fsp3) is 0.864. The van der Waals surface area contributed by atoms with Gasteiger partial charge in [-0.25, -0.2) is 4.79 Å². The molecule has 0 saturated heterocycles. The third kappa shape index (κ3) is 3.18. The lowest BCUT2D eigenvalue weighted by atomic mass is 9.48. The Kier molecular flexibility index (Phi) is 4.30. The summed E-state index contributed by atoms with van der Waals surface area (Å²) in [6, 6.07) is 0. The minimum atomic E-state index is -0.238. The summed E-state index contributed by atoms with van der Waals surface area (Å²) in [6.45, 7) is 8.69. The maximum Gasteiger partial charge on any atom is 0.333 e. The van der Waals surface area contributed by atoms with E-state index in [-0.39, 0.29) is 22.6 Å². The van der Waals surface area contributed by atoms with Gasteiger partial charge in [0.2, 0.25) is 0 Å². The molecule has 2 unspecified atom stereocenters. The van der Waals surface area contributed by atoms with Gasteiger partial charge in [-0.05, 0) is 82.0 Å². The second-order valence-corrected chi connectivity index (χ2v) is 9.85. The molecule has 5 fully saturated rings. The van der Waals surface area contributed by atoms with Crippen molar-refractivity contribution in [2.75, 3.05) is 6.61 Å². The molecule has 3 nitrogen and oxygen atoms in total. The molecule has 5 aliphatic carbocycles. The number of esters is 1. The highest BCUT2D eigenvalue weighted by Crippen LogP contribution is 2.63. The number of carbonyl (C=O) groups excluding carboxylic acids is 1. The van der Waals surface area contributed by atoms with Gasteiger partial charge in [0.15, 0.2) is 0 Å². The molecule has 25 heavy (non-hydrogen) atoms. The number of hydrogen-bond acceptors (Lipinski definition) is 3. The van der Waals surface area contributed by atoms with Gasteiger partial charge < -0.3 is 9.47 Å². The molecule has 0 aromatic carbocycles. The SMILES string of the molecule is C=C(C)C(=O)OC12CC3CC(CC(COC4(CC)CCCC4)(C3)C1)C2. The van der Waals surface area contributed by atoms with Crippen LogP contribution in [0.2, 0.25) is 0 Å². The largest absolute Gasteiger partial charge is 0.456 e. The van der Waals surface area contributed by atoms with Crippen molar-refractivity contribution in [2.24, 2.45) is 17.3 Å². The fourth-order valence-electron chi connectivity index (χ4n) is 6.86. The van der Waals surface area contributed by atoms with Crippen LogP contribution in [0.15, 0.2) is 12.2 Å². The molecule has 0 aromatic heterocycles. The molecule has 0 heterocycles. The average molecular weight is 347 g/mol. The topological polar surface area (TPSA) is 35.5 Å². The molecule has 0 radical (unpaired) electrons. The van der Waals surface area contributed by atoms with E-state index in [1.807, 2.05) is 0 Å². The van der Waals surface area contributed by atoms with E-state index in [9.17, 15) is 4.79 Å². The Hall–Kier alpha value is -0.830. The first-order valence-corrected chi connectivity index (χ1v) is 10.4. The van der Waals surface area contributed by atoms with Gasteiger partial charge in [0.05, 0.1) is 12.2 Å². The van der Waals surface area contributed by atoms with E-state index in [1.54, 1.807) is 6.92 Å². The van der Waals surface area contributed by atoms with Crippen LogP contribution in [-0.2, 0) is 14.3 Å². The predicted octanol–water partition coefficient (Wildman–Crippen LogP) is 5.18. The molecule has 0 amide bonds. The highest BCUT2D eigenvalue weighted by atomic mass is 16.6. The fourth-order valence-corrected chi connectivity index (χ4v) is 6.86. The van der Waals surface area contributed by atoms with Crippen molar-refractivity contribution in [2.45, 2.75) is 95.7 Å². The lowest BCUT2D eigenvalue weighted by molar-refractivity contribution is -0.215. The summed E-state index contributed by atoms with van der Waals surface area (Å²) < 4.78 is 12.7. The maximum atomic E-state index is 12.2. The predicted molar refractivity (Wildman–Crippen MR) is 98.2 cm³/mol. The highest BCUT2D eigenvalue weighted by Gasteiger charge is 2.60. The summed E-state index contributed by atoms with van der Waals surface area (Å²) in [5.74, 6) is 1.23. The molecule has 4 bridgehead atoms. The lowest BCUT2D eigenvalue weighted by Crippen LogP contribution is -2.59. The van der Waals surface area contributed by atoms with Crippen molar-refractivity contribution in [3.8, 4) is 0 Å². The number of carbonyl (C=O) groups is 1. The van der Waals surface area contributed by atoms with Crippen LogP contribution in [0.5, 0.6) is 0 Å². The van der Waals surface area contributed by atoms with Crippen LogP contribution in [0, 0.1) is 17.3 Å². The third-order valence-corrected chi connectivity index (χ3v) is 7.63. The average Bonchev–Trinajstić information content (AvgIpc) is 3.01. The van der Waals surface area contributed by atoms with E-state index in [0.29, 0.717) is 17.4 Å². The minimum absolute atomic E-state index is 0.130. The van der Waals surface area contributed by atoms with Crippen molar-refractivity contribution < 1.29 is 14.3 Å². The van der Waals surface area contributed by atoms with E-state index < -0.39 is 0 Å². The highest BCUT2D eigenvalue weighted by molar-refractivity contribution is 5.87. The molecular weight excluding hydrogens is 312 g/mol. The zero-order chi connectivity index (χ0) is 17.7. The zero-order valence-electron chi connectivity index (χ0n) is 16.1. The second kappa shape index (κ2) is 6.11. The van der Waals surface area contributed by atoms with E-state index in [2.05, 4.69) is 13.5 Å². The first kappa shape index (κ1) is 17.6. The zero-order valence-corrected chi connectivity index (χ0v) is 16.1. The second-order valence-electron chi connectivity index (χ2n) is 9.85. The van der Waals surface area contributed by atoms with Gasteiger partial charge in [0.1, 0.15) is 5.60 Å². The normalized spacial score (nSPS) is 41.0. The number of ether oxygens (including phenoxy) is 2. The molecule has 0 aliphatic heterocycles. The first-order chi connectivity index (χ1) is 11.9. The van der Waals surface area contributed by atoms with Gasteiger partial charge >= 0.3 is 5.97 Å². The van der Waals surface area contributed by atoms with Crippen molar-refractivity contribution in [1.82, 2.24) is 0 Å². The molecular formula is C22H34O3. The number of hydrogen-bond donors (Lipinski definition) is 0. The van der Waals surface area contributed by atoms with Gasteiger partial charge in [-0.2, -0.15) is 0 Å². The summed E-state index contributed by atoms with van der Waals surface area (Å²) in [6.07, 6.45) is 13.2. The van der Waals surface area contributed by atoms with E-state index in [1.165, 1.54) is 44.9 Å². The lowest BCUT2D eigenvalue weighted by Gasteiger charge is -2.61. The summed E-state index contributed by atoms with van der Waals surface area (Å²) in [4.78, 5) is 12.2. The summed E-state index contributed by atoms with van der Waals surface area (Å²) in [7, 11) is 0. The smallest absolute Gasteiger partial charge is 0.333 e. The molecule has 5 aliphatic rings. The van der Waals surface area contributed by atoms with Crippen LogP contribution in [0.4, 0.5) is 0 Å². The quantitative estimate of drug-likeness (QED) is 0.491. The monoisotopic (exact) mass is 346 g/mol. The summed E-state index contributed by atoms with van der Waals surface area (Å²) in [5.41, 5.74) is 0.657. The van der Waals surface area contributed by atoms with Gasteiger partial charge in [-0.15, -0.1) is 0 Å². The summed E-state index contributed by atoms with van der Waals surface area (Å²) >= 11 is 0. The van der Waals surface area contributed by atoms with Crippen LogP contribution in [0.3, 0.4) is 0 Å². The molecule has 5 saturated carbocycles. The first-order valence-electron chi connectivity index (χ1n) is 10.4. The Morgan fingerprint density at radius 1 is 1.12 bits per heavy atom. The van der Waals surface area contributed by atoms with Crippen molar-refractivity contribution >= 4 is 5.97 Å². The maximum absolute atomic E-state index is 12.2. The van der Waals surface area contributed by atoms with Gasteiger partial charge in [-0.3, -0.25) is 0 Å². The molecule has 0 spiro atoms. The van der Waals surface area contributed by atoms with Crippen LogP contribution in [-0.4, -0.2) is 23.8 Å². The van der Waals surface area contributed by atoms with Gasteiger partial charge in [0.25, 0.3) is 0 Å². The van der Waals surface area contributed by atoms with Crippen molar-refractivity contribution in [3.05, 3.63) is 12.2 Å². The number of rotatable bonds is 6. The van der Waals surface area contributed by atoms with Gasteiger partial charge in [0, 0.05) is 5.57 Å². The molecule has 3 heteroatoms. The standard InChI is InChI=1S/C22H34O3/c1-4-21(7-5-6-8-21)24-15-20-10-17-9-18(11-20)13-22(12-17,14-20)25-19(23)16(2)3/h17-18H,2,4-15H2,1,3H3. The third-order valence-electron chi connectivity index (χ3n) is 7.63. The van der Waals surface area contributed by atoms with Crippen LogP contribution in [0.25, 0.3) is 0 Å². The van der Waals surface area contributed by atoms with E-state index >= 15 is 0 Å². The molecule has 0 aromatic rings. The van der Waals surface area contributed by atoms with Crippen LogP contribution >= 0.6 is 0 Å². The summed E-state index contributed by atoms with van der Waals surface area (Å²) in [5, 5.41) is 0. The van der Waals surface area contributed by atoms with E-state index in [4.69, 9.17) is 9.47 Å². The molecule has 0 N–H and O–H groups in total. The Bertz CT molecular complexity index is 544. The van der Waals surface area contributed by atoms with Crippen LogP contribution in [0.1, 0.15) is 84.5 Å².